The van der Waals surface area contributed by atoms with Crippen LogP contribution in [0.4, 0.5) is 10.2 Å². The lowest BCUT2D eigenvalue weighted by Gasteiger charge is -2.07. The van der Waals surface area contributed by atoms with Gasteiger partial charge in [0.1, 0.15) is 17.3 Å². The van der Waals surface area contributed by atoms with E-state index >= 15 is 0 Å². The molecular formula is C20H18ClFN4O. The summed E-state index contributed by atoms with van der Waals surface area (Å²) >= 11 is 5.86. The summed E-state index contributed by atoms with van der Waals surface area (Å²) in [5.41, 5.74) is 1.82. The number of hydrogen-bond acceptors (Lipinski definition) is 4. The van der Waals surface area contributed by atoms with E-state index in [4.69, 9.17) is 11.6 Å². The van der Waals surface area contributed by atoms with Gasteiger partial charge >= 0.3 is 0 Å². The Labute approximate surface area is 161 Å². The highest BCUT2D eigenvalue weighted by Gasteiger charge is 2.08. The van der Waals surface area contributed by atoms with Crippen LogP contribution in [-0.2, 0) is 13.0 Å². The van der Waals surface area contributed by atoms with Crippen molar-refractivity contribution in [1.82, 2.24) is 15.3 Å². The van der Waals surface area contributed by atoms with E-state index in [1.165, 1.54) is 18.5 Å². The molecule has 27 heavy (non-hydrogen) atoms. The molecule has 2 N–H and O–H groups in total. The van der Waals surface area contributed by atoms with Gasteiger partial charge in [-0.25, -0.2) is 14.4 Å². The van der Waals surface area contributed by atoms with Crippen LogP contribution >= 0.6 is 11.6 Å². The van der Waals surface area contributed by atoms with Gasteiger partial charge in [0, 0.05) is 18.1 Å². The number of halogens is 2. The summed E-state index contributed by atoms with van der Waals surface area (Å²) < 4.78 is 13.5. The minimum absolute atomic E-state index is 0.209. The number of benzene rings is 2. The molecule has 5 nitrogen and oxygen atoms in total. The van der Waals surface area contributed by atoms with Gasteiger partial charge in [-0.15, -0.1) is 0 Å². The lowest BCUT2D eigenvalue weighted by atomic mass is 10.1. The fraction of sp³-hybridized carbons (Fsp3) is 0.150. The lowest BCUT2D eigenvalue weighted by Crippen LogP contribution is -2.27. The third-order valence-electron chi connectivity index (χ3n) is 3.91. The molecule has 1 aromatic heterocycles. The molecule has 1 amide bonds. The number of nitrogens with one attached hydrogen (secondary N) is 2. The fourth-order valence-electron chi connectivity index (χ4n) is 2.43. The Kier molecular flexibility index (Phi) is 6.33. The minimum atomic E-state index is -0.344. The maximum atomic E-state index is 13.5. The van der Waals surface area contributed by atoms with Crippen LogP contribution in [0.1, 0.15) is 21.6 Å². The molecule has 0 unspecified atom stereocenters. The van der Waals surface area contributed by atoms with Crippen LogP contribution in [0.2, 0.25) is 5.02 Å². The van der Waals surface area contributed by atoms with Crippen molar-refractivity contribution in [3.63, 3.8) is 0 Å². The monoisotopic (exact) mass is 384 g/mol. The number of aromatic nitrogens is 2. The van der Waals surface area contributed by atoms with Crippen molar-refractivity contribution in [2.24, 2.45) is 0 Å². The first-order valence-corrected chi connectivity index (χ1v) is 8.81. The van der Waals surface area contributed by atoms with Crippen LogP contribution in [0.3, 0.4) is 0 Å². The van der Waals surface area contributed by atoms with Gasteiger partial charge in [-0.2, -0.15) is 0 Å². The molecule has 0 spiro atoms. The molecule has 2 aromatic carbocycles. The van der Waals surface area contributed by atoms with Crippen molar-refractivity contribution in [3.05, 3.63) is 88.6 Å². The van der Waals surface area contributed by atoms with Crippen molar-refractivity contribution < 1.29 is 9.18 Å². The third-order valence-corrected chi connectivity index (χ3v) is 4.16. The normalized spacial score (nSPS) is 10.4. The first-order chi connectivity index (χ1) is 13.1. The number of amides is 1. The van der Waals surface area contributed by atoms with Gasteiger partial charge in [0.15, 0.2) is 0 Å². The molecule has 138 valence electrons. The van der Waals surface area contributed by atoms with Crippen LogP contribution in [-0.4, -0.2) is 22.4 Å². The van der Waals surface area contributed by atoms with Crippen molar-refractivity contribution >= 4 is 23.3 Å². The molecule has 0 radical (unpaired) electrons. The molecule has 3 aromatic rings. The van der Waals surface area contributed by atoms with E-state index in [9.17, 15) is 9.18 Å². The van der Waals surface area contributed by atoms with E-state index in [0.29, 0.717) is 35.9 Å². The molecule has 0 saturated carbocycles. The SMILES string of the molecule is O=C(NCCc1ccccc1F)c1cnc(NCc2ccc(Cl)cc2)cn1. The second kappa shape index (κ2) is 9.09. The molecular weight excluding hydrogens is 367 g/mol. The van der Waals surface area contributed by atoms with Gasteiger partial charge < -0.3 is 10.6 Å². The van der Waals surface area contributed by atoms with E-state index in [2.05, 4.69) is 20.6 Å². The average molecular weight is 385 g/mol. The maximum absolute atomic E-state index is 13.5. The summed E-state index contributed by atoms with van der Waals surface area (Å²) in [5.74, 6) is -0.0568. The van der Waals surface area contributed by atoms with Crippen molar-refractivity contribution in [2.75, 3.05) is 11.9 Å². The lowest BCUT2D eigenvalue weighted by molar-refractivity contribution is 0.0948. The first kappa shape index (κ1) is 18.8. The number of rotatable bonds is 7. The number of carbonyl (C=O) groups excluding carboxylic acids is 1. The molecule has 0 saturated heterocycles. The number of hydrogen-bond donors (Lipinski definition) is 2. The second-order valence-electron chi connectivity index (χ2n) is 5.86. The number of carbonyl (C=O) groups is 1. The topological polar surface area (TPSA) is 66.9 Å². The van der Waals surface area contributed by atoms with Gasteiger partial charge in [0.2, 0.25) is 0 Å². The summed E-state index contributed by atoms with van der Waals surface area (Å²) in [6.45, 7) is 0.887. The zero-order valence-corrected chi connectivity index (χ0v) is 15.2. The van der Waals surface area contributed by atoms with Crippen LogP contribution < -0.4 is 10.6 Å². The predicted molar refractivity (Wildman–Crippen MR) is 103 cm³/mol. The Balaban J connectivity index is 1.48. The van der Waals surface area contributed by atoms with E-state index in [1.54, 1.807) is 18.2 Å². The van der Waals surface area contributed by atoms with Crippen LogP contribution in [0.15, 0.2) is 60.9 Å². The summed E-state index contributed by atoms with van der Waals surface area (Å²) in [4.78, 5) is 20.4. The fourth-order valence-corrected chi connectivity index (χ4v) is 2.56. The van der Waals surface area contributed by atoms with Gasteiger partial charge in [0.25, 0.3) is 5.91 Å². The Morgan fingerprint density at radius 3 is 2.52 bits per heavy atom. The smallest absolute Gasteiger partial charge is 0.271 e. The Bertz CT molecular complexity index is 901. The standard InChI is InChI=1S/C20H18ClFN4O/c21-16-7-5-14(6-8-16)11-25-19-13-24-18(12-26-19)20(27)23-10-9-15-3-1-2-4-17(15)22/h1-8,12-13H,9-11H2,(H,23,27)(H,25,26). The summed E-state index contributed by atoms with van der Waals surface area (Å²) in [5, 5.41) is 6.53. The molecule has 0 aliphatic heterocycles. The van der Waals surface area contributed by atoms with E-state index < -0.39 is 0 Å². The number of nitrogens with zero attached hydrogens (tertiary/aromatic N) is 2. The van der Waals surface area contributed by atoms with E-state index in [-0.39, 0.29) is 17.4 Å². The third kappa shape index (κ3) is 5.49. The first-order valence-electron chi connectivity index (χ1n) is 8.44. The quantitative estimate of drug-likeness (QED) is 0.649. The Morgan fingerprint density at radius 1 is 1.04 bits per heavy atom. The summed E-state index contributed by atoms with van der Waals surface area (Å²) in [6, 6.07) is 14.0. The van der Waals surface area contributed by atoms with Gasteiger partial charge in [-0.3, -0.25) is 4.79 Å². The molecule has 0 fully saturated rings. The maximum Gasteiger partial charge on any atom is 0.271 e. The molecule has 7 heteroatoms. The second-order valence-corrected chi connectivity index (χ2v) is 6.30. The molecule has 0 atom stereocenters. The summed E-state index contributed by atoms with van der Waals surface area (Å²) in [6.07, 6.45) is 3.32. The zero-order chi connectivity index (χ0) is 19.1. The minimum Gasteiger partial charge on any atom is -0.365 e. The molecule has 3 rings (SSSR count). The highest BCUT2D eigenvalue weighted by atomic mass is 35.5. The largest absolute Gasteiger partial charge is 0.365 e. The van der Waals surface area contributed by atoms with Crippen molar-refractivity contribution in [2.45, 2.75) is 13.0 Å². The molecule has 0 aliphatic carbocycles. The highest BCUT2D eigenvalue weighted by molar-refractivity contribution is 6.30. The average Bonchev–Trinajstić information content (AvgIpc) is 2.69. The Hall–Kier alpha value is -2.99. The van der Waals surface area contributed by atoms with Gasteiger partial charge in [0.05, 0.1) is 12.4 Å². The molecule has 0 bridgehead atoms. The van der Waals surface area contributed by atoms with Gasteiger partial charge in [-0.05, 0) is 35.7 Å². The zero-order valence-electron chi connectivity index (χ0n) is 14.5. The van der Waals surface area contributed by atoms with Crippen LogP contribution in [0.25, 0.3) is 0 Å². The van der Waals surface area contributed by atoms with Crippen LogP contribution in [0, 0.1) is 5.82 Å². The van der Waals surface area contributed by atoms with Gasteiger partial charge in [-0.1, -0.05) is 41.9 Å². The van der Waals surface area contributed by atoms with Crippen LogP contribution in [0.5, 0.6) is 0 Å². The molecule has 0 aliphatic rings. The van der Waals surface area contributed by atoms with E-state index in [0.717, 1.165) is 5.56 Å². The van der Waals surface area contributed by atoms with E-state index in [1.807, 2.05) is 24.3 Å². The molecule has 1 heterocycles. The predicted octanol–water partition coefficient (Wildman–Crippen LogP) is 3.85. The Morgan fingerprint density at radius 2 is 1.81 bits per heavy atom. The number of anilines is 1. The summed E-state index contributed by atoms with van der Waals surface area (Å²) in [7, 11) is 0. The van der Waals surface area contributed by atoms with Crippen molar-refractivity contribution in [3.8, 4) is 0 Å². The highest BCUT2D eigenvalue weighted by Crippen LogP contribution is 2.11. The van der Waals surface area contributed by atoms with Crippen molar-refractivity contribution in [1.29, 1.82) is 0 Å².